The number of rotatable bonds is 4. The number of nitrogens with zero attached hydrogens (tertiary/aromatic N) is 3. The van der Waals surface area contributed by atoms with E-state index in [-0.39, 0.29) is 12.1 Å². The van der Waals surface area contributed by atoms with Crippen LogP contribution in [0.4, 0.5) is 4.79 Å². The standard InChI is InChI=1S/C21H22N4O2/c26-21(24-14-17-8-3-7-16-6-1-2-10-19(16)17)25-13-4-9-18(15-25)27-20-22-11-5-12-23-20/h1-3,5-8,10-12,18H,4,9,13-15H2,(H,24,26). The van der Waals surface area contributed by atoms with E-state index in [1.54, 1.807) is 18.5 Å². The largest absolute Gasteiger partial charge is 0.458 e. The fourth-order valence-electron chi connectivity index (χ4n) is 3.44. The maximum atomic E-state index is 12.6. The van der Waals surface area contributed by atoms with E-state index in [0.29, 0.717) is 19.1 Å². The highest BCUT2D eigenvalue weighted by Crippen LogP contribution is 2.19. The second kappa shape index (κ2) is 8.03. The molecule has 3 aromatic rings. The fraction of sp³-hybridized carbons (Fsp3) is 0.286. The van der Waals surface area contributed by atoms with Crippen molar-refractivity contribution in [2.45, 2.75) is 25.5 Å². The van der Waals surface area contributed by atoms with Crippen LogP contribution in [0.2, 0.25) is 0 Å². The first-order valence-electron chi connectivity index (χ1n) is 9.23. The summed E-state index contributed by atoms with van der Waals surface area (Å²) in [6, 6.07) is 16.4. The minimum absolute atomic E-state index is 0.0646. The van der Waals surface area contributed by atoms with Gasteiger partial charge in [0.15, 0.2) is 0 Å². The zero-order valence-corrected chi connectivity index (χ0v) is 15.0. The Morgan fingerprint density at radius 2 is 1.93 bits per heavy atom. The van der Waals surface area contributed by atoms with Crippen LogP contribution in [0, 0.1) is 0 Å². The molecule has 1 aliphatic rings. The van der Waals surface area contributed by atoms with Crippen LogP contribution >= 0.6 is 0 Å². The zero-order chi connectivity index (χ0) is 18.5. The molecule has 1 aromatic heterocycles. The molecule has 1 unspecified atom stereocenters. The third kappa shape index (κ3) is 4.16. The summed E-state index contributed by atoms with van der Waals surface area (Å²) in [7, 11) is 0. The Kier molecular flexibility index (Phi) is 5.14. The molecular weight excluding hydrogens is 340 g/mol. The van der Waals surface area contributed by atoms with Crippen LogP contribution in [0.15, 0.2) is 60.9 Å². The molecule has 6 heteroatoms. The molecule has 1 fully saturated rings. The molecule has 2 heterocycles. The third-order valence-electron chi connectivity index (χ3n) is 4.79. The van der Waals surface area contributed by atoms with E-state index in [2.05, 4.69) is 39.6 Å². The van der Waals surface area contributed by atoms with Gasteiger partial charge in [0, 0.05) is 25.5 Å². The van der Waals surface area contributed by atoms with Crippen molar-refractivity contribution in [2.75, 3.05) is 13.1 Å². The van der Waals surface area contributed by atoms with Crippen LogP contribution in [-0.4, -0.2) is 40.1 Å². The van der Waals surface area contributed by atoms with Crippen LogP contribution in [0.5, 0.6) is 6.01 Å². The Morgan fingerprint density at radius 3 is 2.81 bits per heavy atom. The quantitative estimate of drug-likeness (QED) is 0.773. The summed E-state index contributed by atoms with van der Waals surface area (Å²) < 4.78 is 5.81. The fourth-order valence-corrected chi connectivity index (χ4v) is 3.44. The van der Waals surface area contributed by atoms with E-state index in [9.17, 15) is 4.79 Å². The highest BCUT2D eigenvalue weighted by Gasteiger charge is 2.25. The summed E-state index contributed by atoms with van der Waals surface area (Å²) in [5.41, 5.74) is 1.11. The van der Waals surface area contributed by atoms with Crippen LogP contribution < -0.4 is 10.1 Å². The smallest absolute Gasteiger partial charge is 0.317 e. The maximum absolute atomic E-state index is 12.6. The van der Waals surface area contributed by atoms with Gasteiger partial charge in [0.2, 0.25) is 0 Å². The van der Waals surface area contributed by atoms with Crippen molar-refractivity contribution in [1.82, 2.24) is 20.2 Å². The summed E-state index contributed by atoms with van der Waals surface area (Å²) in [4.78, 5) is 22.6. The number of hydrogen-bond donors (Lipinski definition) is 1. The van der Waals surface area contributed by atoms with Gasteiger partial charge in [0.05, 0.1) is 6.54 Å². The van der Waals surface area contributed by atoms with Gasteiger partial charge in [-0.15, -0.1) is 0 Å². The number of benzene rings is 2. The summed E-state index contributed by atoms with van der Waals surface area (Å²) in [6.07, 6.45) is 5.02. The molecule has 1 saturated heterocycles. The van der Waals surface area contributed by atoms with Gasteiger partial charge in [-0.05, 0) is 35.2 Å². The van der Waals surface area contributed by atoms with Crippen molar-refractivity contribution >= 4 is 16.8 Å². The normalized spacial score (nSPS) is 16.9. The Hall–Kier alpha value is -3.15. The monoisotopic (exact) mass is 362 g/mol. The Labute approximate surface area is 158 Å². The van der Waals surface area contributed by atoms with Gasteiger partial charge in [-0.3, -0.25) is 0 Å². The number of piperidine rings is 1. The molecule has 0 spiro atoms. The summed E-state index contributed by atoms with van der Waals surface area (Å²) in [6.45, 7) is 1.78. The maximum Gasteiger partial charge on any atom is 0.317 e. The topological polar surface area (TPSA) is 67.4 Å². The lowest BCUT2D eigenvalue weighted by molar-refractivity contribution is 0.0938. The first-order chi connectivity index (χ1) is 13.3. The first kappa shape index (κ1) is 17.3. The summed E-state index contributed by atoms with van der Waals surface area (Å²) in [5, 5.41) is 5.39. The van der Waals surface area contributed by atoms with Gasteiger partial charge < -0.3 is 15.0 Å². The number of urea groups is 1. The van der Waals surface area contributed by atoms with Gasteiger partial charge in [-0.25, -0.2) is 14.8 Å². The molecule has 0 radical (unpaired) electrons. The van der Waals surface area contributed by atoms with Gasteiger partial charge in [0.25, 0.3) is 0 Å². The molecule has 0 saturated carbocycles. The third-order valence-corrected chi connectivity index (χ3v) is 4.79. The van der Waals surface area contributed by atoms with E-state index in [1.165, 1.54) is 10.8 Å². The molecule has 27 heavy (non-hydrogen) atoms. The van der Waals surface area contributed by atoms with Gasteiger partial charge in [0.1, 0.15) is 6.10 Å². The zero-order valence-electron chi connectivity index (χ0n) is 15.0. The molecule has 4 rings (SSSR count). The Morgan fingerprint density at radius 1 is 1.11 bits per heavy atom. The van der Waals surface area contributed by atoms with E-state index < -0.39 is 0 Å². The average molecular weight is 362 g/mol. The molecule has 2 aromatic carbocycles. The molecule has 1 N–H and O–H groups in total. The lowest BCUT2D eigenvalue weighted by Gasteiger charge is -2.32. The first-order valence-corrected chi connectivity index (χ1v) is 9.23. The van der Waals surface area contributed by atoms with Crippen molar-refractivity contribution in [3.8, 4) is 6.01 Å². The number of aromatic nitrogens is 2. The number of nitrogens with one attached hydrogen (secondary N) is 1. The number of ether oxygens (including phenoxy) is 1. The van der Waals surface area contributed by atoms with Crippen molar-refractivity contribution in [2.24, 2.45) is 0 Å². The molecule has 0 bridgehead atoms. The van der Waals surface area contributed by atoms with Crippen LogP contribution in [0.3, 0.4) is 0 Å². The predicted octanol–water partition coefficient (Wildman–Crippen LogP) is 3.38. The number of fused-ring (bicyclic) bond motifs is 1. The molecule has 138 valence electrons. The second-order valence-corrected chi connectivity index (χ2v) is 6.66. The minimum Gasteiger partial charge on any atom is -0.458 e. The van der Waals surface area contributed by atoms with Crippen LogP contribution in [0.1, 0.15) is 18.4 Å². The van der Waals surface area contributed by atoms with E-state index in [1.807, 2.05) is 23.1 Å². The van der Waals surface area contributed by atoms with Crippen molar-refractivity contribution in [3.63, 3.8) is 0 Å². The van der Waals surface area contributed by atoms with Crippen molar-refractivity contribution < 1.29 is 9.53 Å². The molecule has 0 aliphatic carbocycles. The lowest BCUT2D eigenvalue weighted by atomic mass is 10.0. The Balaban J connectivity index is 1.36. The average Bonchev–Trinajstić information content (AvgIpc) is 2.73. The van der Waals surface area contributed by atoms with E-state index in [0.717, 1.165) is 24.9 Å². The predicted molar refractivity (Wildman–Crippen MR) is 103 cm³/mol. The number of carbonyl (C=O) groups is 1. The summed E-state index contributed by atoms with van der Waals surface area (Å²) in [5.74, 6) is 0. The SMILES string of the molecule is O=C(NCc1cccc2ccccc12)N1CCCC(Oc2ncccn2)C1. The lowest BCUT2D eigenvalue weighted by Crippen LogP contribution is -2.48. The highest BCUT2D eigenvalue weighted by atomic mass is 16.5. The Bertz CT molecular complexity index is 911. The van der Waals surface area contributed by atoms with E-state index >= 15 is 0 Å². The molecule has 2 amide bonds. The number of likely N-dealkylation sites (tertiary alicyclic amines) is 1. The van der Waals surface area contributed by atoms with Crippen molar-refractivity contribution in [3.05, 3.63) is 66.5 Å². The second-order valence-electron chi connectivity index (χ2n) is 6.66. The molecule has 6 nitrogen and oxygen atoms in total. The number of carbonyl (C=O) groups excluding carboxylic acids is 1. The van der Waals surface area contributed by atoms with Crippen LogP contribution in [-0.2, 0) is 6.54 Å². The van der Waals surface area contributed by atoms with Gasteiger partial charge in [-0.2, -0.15) is 0 Å². The van der Waals surface area contributed by atoms with Gasteiger partial charge in [-0.1, -0.05) is 42.5 Å². The van der Waals surface area contributed by atoms with Crippen molar-refractivity contribution in [1.29, 1.82) is 0 Å². The number of amides is 2. The van der Waals surface area contributed by atoms with E-state index in [4.69, 9.17) is 4.74 Å². The molecular formula is C21H22N4O2. The minimum atomic E-state index is -0.0792. The molecule has 1 aliphatic heterocycles. The summed E-state index contributed by atoms with van der Waals surface area (Å²) >= 11 is 0. The number of hydrogen-bond acceptors (Lipinski definition) is 4. The van der Waals surface area contributed by atoms with Gasteiger partial charge >= 0.3 is 12.0 Å². The molecule has 1 atom stereocenters. The highest BCUT2D eigenvalue weighted by molar-refractivity contribution is 5.86. The van der Waals surface area contributed by atoms with Crippen LogP contribution in [0.25, 0.3) is 10.8 Å².